The van der Waals surface area contributed by atoms with Crippen molar-refractivity contribution in [1.82, 2.24) is 10.3 Å². The third-order valence-electron chi connectivity index (χ3n) is 4.87. The van der Waals surface area contributed by atoms with Crippen LogP contribution in [0.5, 0.6) is 0 Å². The van der Waals surface area contributed by atoms with E-state index in [0.29, 0.717) is 17.9 Å². The highest BCUT2D eigenvalue weighted by atomic mass is 32.1. The van der Waals surface area contributed by atoms with E-state index in [9.17, 15) is 14.4 Å². The van der Waals surface area contributed by atoms with Crippen molar-refractivity contribution in [3.05, 3.63) is 53.5 Å². The lowest BCUT2D eigenvalue weighted by atomic mass is 10.1. The van der Waals surface area contributed by atoms with E-state index in [4.69, 9.17) is 0 Å². The molecule has 7 nitrogen and oxygen atoms in total. The summed E-state index contributed by atoms with van der Waals surface area (Å²) >= 11 is 1.67. The van der Waals surface area contributed by atoms with Crippen LogP contribution in [0, 0.1) is 0 Å². The van der Waals surface area contributed by atoms with Crippen LogP contribution in [0.15, 0.2) is 48.5 Å². The number of para-hydroxylation sites is 3. The number of nitrogens with one attached hydrogen (secondary N) is 2. The highest BCUT2D eigenvalue weighted by Crippen LogP contribution is 2.29. The molecule has 0 bridgehead atoms. The minimum atomic E-state index is -0.235. The minimum Gasteiger partial charge on any atom is -0.356 e. The number of thiazole rings is 1. The standard InChI is InChI=1S/C22H22N4O3S/c27-19(23-13-5-10-21-25-16-7-2-4-9-18(16)30-21)11-12-22(29)26-14-20(28)24-15-6-1-3-8-17(15)26/h1-4,6-9H,5,10-14H2,(H,23,27)(H,24,28). The summed E-state index contributed by atoms with van der Waals surface area (Å²) in [7, 11) is 0. The van der Waals surface area contributed by atoms with E-state index in [1.807, 2.05) is 24.3 Å². The maximum atomic E-state index is 12.6. The summed E-state index contributed by atoms with van der Waals surface area (Å²) in [6, 6.07) is 15.2. The van der Waals surface area contributed by atoms with Gasteiger partial charge in [0.05, 0.1) is 26.6 Å². The van der Waals surface area contributed by atoms with Gasteiger partial charge in [-0.15, -0.1) is 11.3 Å². The molecule has 2 N–H and O–H groups in total. The van der Waals surface area contributed by atoms with Crippen molar-refractivity contribution in [2.24, 2.45) is 0 Å². The number of aryl methyl sites for hydroxylation is 1. The normalized spacial score (nSPS) is 13.1. The Kier molecular flexibility index (Phi) is 6.04. The summed E-state index contributed by atoms with van der Waals surface area (Å²) in [5.41, 5.74) is 2.28. The number of fused-ring (bicyclic) bond motifs is 2. The van der Waals surface area contributed by atoms with Gasteiger partial charge in [-0.05, 0) is 30.7 Å². The number of amides is 3. The van der Waals surface area contributed by atoms with Crippen LogP contribution < -0.4 is 15.5 Å². The van der Waals surface area contributed by atoms with Gasteiger partial charge >= 0.3 is 0 Å². The molecule has 3 aromatic rings. The van der Waals surface area contributed by atoms with E-state index in [1.165, 1.54) is 9.60 Å². The summed E-state index contributed by atoms with van der Waals surface area (Å²) in [4.78, 5) is 42.6. The smallest absolute Gasteiger partial charge is 0.244 e. The highest BCUT2D eigenvalue weighted by molar-refractivity contribution is 7.18. The van der Waals surface area contributed by atoms with Gasteiger partial charge in [-0.25, -0.2) is 4.98 Å². The van der Waals surface area contributed by atoms with Crippen molar-refractivity contribution in [1.29, 1.82) is 0 Å². The molecule has 1 aliphatic heterocycles. The van der Waals surface area contributed by atoms with Crippen LogP contribution in [-0.4, -0.2) is 35.8 Å². The number of rotatable bonds is 7. The Labute approximate surface area is 178 Å². The zero-order chi connectivity index (χ0) is 20.9. The van der Waals surface area contributed by atoms with E-state index in [-0.39, 0.29) is 37.1 Å². The Morgan fingerprint density at radius 3 is 2.77 bits per heavy atom. The molecule has 30 heavy (non-hydrogen) atoms. The fourth-order valence-electron chi connectivity index (χ4n) is 3.39. The molecule has 1 aromatic heterocycles. The zero-order valence-electron chi connectivity index (χ0n) is 16.4. The van der Waals surface area contributed by atoms with Gasteiger partial charge in [0.15, 0.2) is 0 Å². The van der Waals surface area contributed by atoms with Crippen LogP contribution in [0.3, 0.4) is 0 Å². The first-order valence-electron chi connectivity index (χ1n) is 9.90. The average Bonchev–Trinajstić information content (AvgIpc) is 3.17. The second kappa shape index (κ2) is 9.04. The molecule has 0 radical (unpaired) electrons. The molecule has 3 amide bonds. The Bertz CT molecular complexity index is 1060. The molecule has 154 valence electrons. The van der Waals surface area contributed by atoms with E-state index in [2.05, 4.69) is 21.7 Å². The van der Waals surface area contributed by atoms with Gasteiger partial charge in [-0.3, -0.25) is 14.4 Å². The number of carbonyl (C=O) groups is 3. The van der Waals surface area contributed by atoms with Crippen molar-refractivity contribution in [3.63, 3.8) is 0 Å². The first-order chi connectivity index (χ1) is 14.6. The summed E-state index contributed by atoms with van der Waals surface area (Å²) < 4.78 is 1.17. The second-order valence-corrected chi connectivity index (χ2v) is 8.19. The van der Waals surface area contributed by atoms with Gasteiger partial charge in [0.1, 0.15) is 6.54 Å². The largest absolute Gasteiger partial charge is 0.356 e. The first-order valence-corrected chi connectivity index (χ1v) is 10.7. The number of anilines is 2. The van der Waals surface area contributed by atoms with Gasteiger partial charge in [0.2, 0.25) is 17.7 Å². The minimum absolute atomic E-state index is 0.0281. The maximum Gasteiger partial charge on any atom is 0.244 e. The Morgan fingerprint density at radius 1 is 1.10 bits per heavy atom. The number of nitrogens with zero attached hydrogens (tertiary/aromatic N) is 2. The van der Waals surface area contributed by atoms with Crippen molar-refractivity contribution in [2.75, 3.05) is 23.3 Å². The predicted octanol–water partition coefficient (Wildman–Crippen LogP) is 3.11. The molecule has 0 spiro atoms. The van der Waals surface area contributed by atoms with Crippen LogP contribution in [-0.2, 0) is 20.8 Å². The van der Waals surface area contributed by atoms with Crippen LogP contribution in [0.1, 0.15) is 24.3 Å². The van der Waals surface area contributed by atoms with Crippen LogP contribution in [0.4, 0.5) is 11.4 Å². The average molecular weight is 423 g/mol. The molecule has 0 aliphatic carbocycles. The van der Waals surface area contributed by atoms with Crippen molar-refractivity contribution in [2.45, 2.75) is 25.7 Å². The molecule has 2 aromatic carbocycles. The van der Waals surface area contributed by atoms with Crippen LogP contribution in [0.2, 0.25) is 0 Å². The van der Waals surface area contributed by atoms with E-state index in [1.54, 1.807) is 29.5 Å². The second-order valence-electron chi connectivity index (χ2n) is 7.07. The number of aromatic nitrogens is 1. The molecule has 0 fully saturated rings. The van der Waals surface area contributed by atoms with Gasteiger partial charge in [0.25, 0.3) is 0 Å². The highest BCUT2D eigenvalue weighted by Gasteiger charge is 2.26. The van der Waals surface area contributed by atoms with Gasteiger partial charge in [-0.1, -0.05) is 24.3 Å². The van der Waals surface area contributed by atoms with E-state index in [0.717, 1.165) is 23.4 Å². The number of carbonyl (C=O) groups excluding carboxylic acids is 3. The van der Waals surface area contributed by atoms with Gasteiger partial charge in [0, 0.05) is 25.8 Å². The fraction of sp³-hybridized carbons (Fsp3) is 0.273. The lowest BCUT2D eigenvalue weighted by molar-refractivity contribution is -0.125. The lowest BCUT2D eigenvalue weighted by Crippen LogP contribution is -2.42. The van der Waals surface area contributed by atoms with Gasteiger partial charge < -0.3 is 15.5 Å². The maximum absolute atomic E-state index is 12.6. The molecule has 4 rings (SSSR count). The molecule has 1 aliphatic rings. The quantitative estimate of drug-likeness (QED) is 0.573. The number of hydrogen-bond donors (Lipinski definition) is 2. The lowest BCUT2D eigenvalue weighted by Gasteiger charge is -2.29. The Balaban J connectivity index is 1.21. The fourth-order valence-corrected chi connectivity index (χ4v) is 4.40. The monoisotopic (exact) mass is 422 g/mol. The molecule has 2 heterocycles. The van der Waals surface area contributed by atoms with Crippen LogP contribution in [0.25, 0.3) is 10.2 Å². The zero-order valence-corrected chi connectivity index (χ0v) is 17.2. The van der Waals surface area contributed by atoms with E-state index < -0.39 is 0 Å². The van der Waals surface area contributed by atoms with E-state index >= 15 is 0 Å². The SMILES string of the molecule is O=C(CCC(=O)N1CC(=O)Nc2ccccc21)NCCCc1nc2ccccc2s1. The number of benzene rings is 2. The van der Waals surface area contributed by atoms with Crippen molar-refractivity contribution < 1.29 is 14.4 Å². The summed E-state index contributed by atoms with van der Waals surface area (Å²) in [5, 5.41) is 6.67. The molecule has 0 unspecified atom stereocenters. The molecule has 8 heteroatoms. The van der Waals surface area contributed by atoms with Crippen LogP contribution >= 0.6 is 11.3 Å². The molecular weight excluding hydrogens is 400 g/mol. The molecule has 0 atom stereocenters. The summed E-state index contributed by atoms with van der Waals surface area (Å²) in [6.07, 6.45) is 1.75. The Hall–Kier alpha value is -3.26. The Morgan fingerprint density at radius 2 is 1.90 bits per heavy atom. The predicted molar refractivity (Wildman–Crippen MR) is 118 cm³/mol. The molecule has 0 saturated heterocycles. The van der Waals surface area contributed by atoms with Crippen molar-refractivity contribution in [3.8, 4) is 0 Å². The van der Waals surface area contributed by atoms with Gasteiger partial charge in [-0.2, -0.15) is 0 Å². The molecule has 0 saturated carbocycles. The summed E-state index contributed by atoms with van der Waals surface area (Å²) in [5.74, 6) is -0.634. The number of hydrogen-bond acceptors (Lipinski definition) is 5. The topological polar surface area (TPSA) is 91.4 Å². The van der Waals surface area contributed by atoms with Crippen molar-refractivity contribution >= 4 is 50.6 Å². The molecular formula is C22H22N4O3S. The first kappa shape index (κ1) is 20.0. The summed E-state index contributed by atoms with van der Waals surface area (Å²) in [6.45, 7) is 0.511. The third-order valence-corrected chi connectivity index (χ3v) is 5.96. The third kappa shape index (κ3) is 4.65.